The summed E-state index contributed by atoms with van der Waals surface area (Å²) >= 11 is 0. The maximum Gasteiger partial charge on any atom is 0.340 e. The van der Waals surface area contributed by atoms with Crippen LogP contribution in [0.25, 0.3) is 0 Å². The second-order valence-electron chi connectivity index (χ2n) is 5.33. The Balaban J connectivity index is 2.19. The lowest BCUT2D eigenvalue weighted by atomic mass is 9.82. The number of carbonyl (C=O) groups excluding carboxylic acids is 1. The average molecular weight is 262 g/mol. The van der Waals surface area contributed by atoms with Gasteiger partial charge in [-0.3, -0.25) is 4.79 Å². The molecule has 0 aromatic heterocycles. The molecule has 1 aliphatic carbocycles. The molecule has 2 unspecified atom stereocenters. The molecular formula is C15H18O4. The number of carboxylic acids is 1. The van der Waals surface area contributed by atoms with Crippen molar-refractivity contribution >= 4 is 11.8 Å². The van der Waals surface area contributed by atoms with Crippen LogP contribution in [-0.4, -0.2) is 22.0 Å². The van der Waals surface area contributed by atoms with Gasteiger partial charge < -0.3 is 10.2 Å². The van der Waals surface area contributed by atoms with Crippen LogP contribution in [0.5, 0.6) is 0 Å². The SMILES string of the molecule is CC(O)(C(=O)O)c1ccc(C2CCCC(=O)C2)cc1. The van der Waals surface area contributed by atoms with Gasteiger partial charge in [-0.1, -0.05) is 24.3 Å². The fraction of sp³-hybridized carbons (Fsp3) is 0.467. The second-order valence-corrected chi connectivity index (χ2v) is 5.33. The van der Waals surface area contributed by atoms with Gasteiger partial charge in [0.15, 0.2) is 5.60 Å². The molecule has 102 valence electrons. The molecule has 1 saturated carbocycles. The van der Waals surface area contributed by atoms with Gasteiger partial charge in [0.05, 0.1) is 0 Å². The van der Waals surface area contributed by atoms with E-state index in [-0.39, 0.29) is 11.7 Å². The van der Waals surface area contributed by atoms with E-state index in [1.54, 1.807) is 12.1 Å². The van der Waals surface area contributed by atoms with Crippen LogP contribution in [0.4, 0.5) is 0 Å². The number of benzene rings is 1. The summed E-state index contributed by atoms with van der Waals surface area (Å²) in [5.74, 6) is -0.754. The summed E-state index contributed by atoms with van der Waals surface area (Å²) in [6.07, 6.45) is 3.13. The molecule has 19 heavy (non-hydrogen) atoms. The number of ketones is 1. The molecule has 0 heterocycles. The third kappa shape index (κ3) is 2.84. The standard InChI is InChI=1S/C15H18O4/c1-15(19,14(17)18)12-7-5-10(6-8-12)11-3-2-4-13(16)9-11/h5-8,11,19H,2-4,9H2,1H3,(H,17,18). The normalized spacial score (nSPS) is 22.8. The number of Topliss-reactive ketones (excluding diaryl/α,β-unsaturated/α-hetero) is 1. The first-order valence-electron chi connectivity index (χ1n) is 6.49. The molecule has 2 rings (SSSR count). The smallest absolute Gasteiger partial charge is 0.340 e. The van der Waals surface area contributed by atoms with Gasteiger partial charge in [-0.15, -0.1) is 0 Å². The molecule has 1 aliphatic rings. The number of hydrogen-bond donors (Lipinski definition) is 2. The van der Waals surface area contributed by atoms with E-state index >= 15 is 0 Å². The number of hydrogen-bond acceptors (Lipinski definition) is 3. The maximum absolute atomic E-state index is 11.4. The van der Waals surface area contributed by atoms with Crippen molar-refractivity contribution in [2.75, 3.05) is 0 Å². The highest BCUT2D eigenvalue weighted by molar-refractivity contribution is 5.80. The summed E-state index contributed by atoms with van der Waals surface area (Å²) in [5.41, 5.74) is -0.482. The number of carbonyl (C=O) groups is 2. The summed E-state index contributed by atoms with van der Waals surface area (Å²) in [6.45, 7) is 1.26. The number of aliphatic carboxylic acids is 1. The lowest BCUT2D eigenvalue weighted by molar-refractivity contribution is -0.157. The van der Waals surface area contributed by atoms with Crippen LogP contribution in [0.15, 0.2) is 24.3 Å². The van der Waals surface area contributed by atoms with E-state index in [0.717, 1.165) is 18.4 Å². The largest absolute Gasteiger partial charge is 0.479 e. The van der Waals surface area contributed by atoms with Crippen LogP contribution in [0, 0.1) is 0 Å². The van der Waals surface area contributed by atoms with Crippen molar-refractivity contribution in [2.45, 2.75) is 44.1 Å². The molecule has 1 aromatic carbocycles. The van der Waals surface area contributed by atoms with Crippen molar-refractivity contribution in [3.8, 4) is 0 Å². The molecule has 0 saturated heterocycles. The van der Waals surface area contributed by atoms with Crippen LogP contribution in [0.3, 0.4) is 0 Å². The zero-order chi connectivity index (χ0) is 14.0. The quantitative estimate of drug-likeness (QED) is 0.875. The number of carboxylic acid groups (broad SMARTS) is 1. The highest BCUT2D eigenvalue weighted by Crippen LogP contribution is 2.32. The molecule has 0 amide bonds. The Labute approximate surface area is 112 Å². The van der Waals surface area contributed by atoms with E-state index in [1.807, 2.05) is 12.1 Å². The van der Waals surface area contributed by atoms with Crippen LogP contribution in [0.2, 0.25) is 0 Å². The third-order valence-corrected chi connectivity index (χ3v) is 3.84. The van der Waals surface area contributed by atoms with E-state index < -0.39 is 11.6 Å². The Morgan fingerprint density at radius 2 is 1.95 bits per heavy atom. The van der Waals surface area contributed by atoms with Crippen LogP contribution in [-0.2, 0) is 15.2 Å². The molecule has 2 atom stereocenters. The predicted octanol–water partition coefficient (Wildman–Crippen LogP) is 2.21. The van der Waals surface area contributed by atoms with Crippen LogP contribution >= 0.6 is 0 Å². The van der Waals surface area contributed by atoms with Gasteiger partial charge in [0.25, 0.3) is 0 Å². The zero-order valence-electron chi connectivity index (χ0n) is 10.9. The molecule has 1 aromatic rings. The van der Waals surface area contributed by atoms with Gasteiger partial charge in [0.1, 0.15) is 5.78 Å². The molecule has 0 aliphatic heterocycles. The summed E-state index contributed by atoms with van der Waals surface area (Å²) in [6, 6.07) is 6.89. The molecule has 0 spiro atoms. The Bertz CT molecular complexity index is 487. The van der Waals surface area contributed by atoms with E-state index in [9.17, 15) is 14.7 Å². The number of rotatable bonds is 3. The summed E-state index contributed by atoms with van der Waals surface area (Å²) in [4.78, 5) is 22.4. The lowest BCUT2D eigenvalue weighted by Gasteiger charge is -2.23. The fourth-order valence-electron chi connectivity index (χ4n) is 2.51. The Kier molecular flexibility index (Phi) is 3.71. The van der Waals surface area contributed by atoms with Crippen molar-refractivity contribution in [3.63, 3.8) is 0 Å². The Morgan fingerprint density at radius 1 is 1.32 bits per heavy atom. The third-order valence-electron chi connectivity index (χ3n) is 3.84. The number of aliphatic hydroxyl groups is 1. The minimum atomic E-state index is -1.87. The minimum absolute atomic E-state index is 0.227. The van der Waals surface area contributed by atoms with E-state index in [0.29, 0.717) is 18.4 Å². The van der Waals surface area contributed by atoms with Gasteiger partial charge in [-0.2, -0.15) is 0 Å². The van der Waals surface area contributed by atoms with Crippen molar-refractivity contribution in [1.82, 2.24) is 0 Å². The maximum atomic E-state index is 11.4. The molecule has 4 heteroatoms. The van der Waals surface area contributed by atoms with E-state index in [1.165, 1.54) is 6.92 Å². The molecule has 0 radical (unpaired) electrons. The van der Waals surface area contributed by atoms with Crippen LogP contribution < -0.4 is 0 Å². The zero-order valence-corrected chi connectivity index (χ0v) is 10.9. The Morgan fingerprint density at radius 3 is 2.47 bits per heavy atom. The minimum Gasteiger partial charge on any atom is -0.479 e. The topological polar surface area (TPSA) is 74.6 Å². The first-order valence-corrected chi connectivity index (χ1v) is 6.49. The average Bonchev–Trinajstić information content (AvgIpc) is 2.38. The molecule has 4 nitrogen and oxygen atoms in total. The lowest BCUT2D eigenvalue weighted by Crippen LogP contribution is -2.31. The summed E-state index contributed by atoms with van der Waals surface area (Å²) in [7, 11) is 0. The highest BCUT2D eigenvalue weighted by Gasteiger charge is 2.32. The molecular weight excluding hydrogens is 244 g/mol. The van der Waals surface area contributed by atoms with Gasteiger partial charge in [-0.25, -0.2) is 4.79 Å². The highest BCUT2D eigenvalue weighted by atomic mass is 16.4. The monoisotopic (exact) mass is 262 g/mol. The van der Waals surface area contributed by atoms with Crippen molar-refractivity contribution in [2.24, 2.45) is 0 Å². The molecule has 1 fully saturated rings. The van der Waals surface area contributed by atoms with E-state index in [2.05, 4.69) is 0 Å². The fourth-order valence-corrected chi connectivity index (χ4v) is 2.51. The predicted molar refractivity (Wildman–Crippen MR) is 69.9 cm³/mol. The van der Waals surface area contributed by atoms with Crippen molar-refractivity contribution in [3.05, 3.63) is 35.4 Å². The summed E-state index contributed by atoms with van der Waals surface area (Å²) < 4.78 is 0. The van der Waals surface area contributed by atoms with Gasteiger partial charge >= 0.3 is 5.97 Å². The first-order chi connectivity index (χ1) is 8.91. The summed E-state index contributed by atoms with van der Waals surface area (Å²) in [5, 5.41) is 18.8. The van der Waals surface area contributed by atoms with Crippen molar-refractivity contribution in [1.29, 1.82) is 0 Å². The van der Waals surface area contributed by atoms with Crippen LogP contribution in [0.1, 0.15) is 49.7 Å². The molecule has 0 bridgehead atoms. The Hall–Kier alpha value is -1.68. The van der Waals surface area contributed by atoms with Gasteiger partial charge in [-0.05, 0) is 36.8 Å². The molecule has 2 N–H and O–H groups in total. The van der Waals surface area contributed by atoms with Gasteiger partial charge in [0.2, 0.25) is 0 Å². The first kappa shape index (κ1) is 13.7. The van der Waals surface area contributed by atoms with E-state index in [4.69, 9.17) is 5.11 Å². The second kappa shape index (κ2) is 5.13. The van der Waals surface area contributed by atoms with Gasteiger partial charge in [0, 0.05) is 12.8 Å². The van der Waals surface area contributed by atoms with Crippen molar-refractivity contribution < 1.29 is 19.8 Å².